The third-order valence-corrected chi connectivity index (χ3v) is 5.33. The van der Waals surface area contributed by atoms with Gasteiger partial charge in [-0.2, -0.15) is 18.2 Å². The molecule has 0 unspecified atom stereocenters. The Kier molecular flexibility index (Phi) is 5.31. The molecular weight excluding hydrogens is 485 g/mol. The predicted octanol–water partition coefficient (Wildman–Crippen LogP) is 5.75. The number of rotatable bonds is 4. The van der Waals surface area contributed by atoms with Crippen LogP contribution in [0.1, 0.15) is 31.1 Å². The first-order valence-electron chi connectivity index (χ1n) is 8.93. The van der Waals surface area contributed by atoms with Gasteiger partial charge < -0.3 is 4.57 Å². The molecule has 3 heterocycles. The molecule has 0 N–H and O–H groups in total. The molecule has 3 aromatic heterocycles. The first-order valence-corrected chi connectivity index (χ1v) is 10.1. The summed E-state index contributed by atoms with van der Waals surface area (Å²) in [5.41, 5.74) is 1.79. The maximum absolute atomic E-state index is 13.1. The minimum absolute atomic E-state index is 0.118. The molecule has 4 aromatic rings. The molecule has 0 atom stereocenters. The van der Waals surface area contributed by atoms with Gasteiger partial charge in [0.25, 0.3) is 0 Å². The quantitative estimate of drug-likeness (QED) is 0.265. The zero-order chi connectivity index (χ0) is 21.6. The summed E-state index contributed by atoms with van der Waals surface area (Å²) in [5.74, 6) is 0.276. The van der Waals surface area contributed by atoms with Gasteiger partial charge in [-0.25, -0.2) is 15.0 Å². The normalized spacial score (nSPS) is 12.3. The van der Waals surface area contributed by atoms with E-state index in [9.17, 15) is 13.2 Å². The average Bonchev–Trinajstić information content (AvgIpc) is 3.25. The lowest BCUT2D eigenvalue weighted by atomic mass is 10.1. The summed E-state index contributed by atoms with van der Waals surface area (Å²) in [6.45, 7) is 4.07. The van der Waals surface area contributed by atoms with Crippen LogP contribution in [0.4, 0.5) is 13.2 Å². The van der Waals surface area contributed by atoms with Crippen molar-refractivity contribution in [3.8, 4) is 11.4 Å². The van der Waals surface area contributed by atoms with Crippen LogP contribution in [0.25, 0.3) is 22.6 Å². The average molecular weight is 500 g/mol. The molecule has 0 radical (unpaired) electrons. The zero-order valence-electron chi connectivity index (χ0n) is 15.8. The first-order chi connectivity index (χ1) is 14.1. The van der Waals surface area contributed by atoms with Gasteiger partial charge in [-0.1, -0.05) is 24.3 Å². The number of hydrogen-bond acceptors (Lipinski definition) is 4. The lowest BCUT2D eigenvalue weighted by Gasteiger charge is -2.12. The van der Waals surface area contributed by atoms with Crippen LogP contribution in [0.5, 0.6) is 0 Å². The van der Waals surface area contributed by atoms with Gasteiger partial charge in [0, 0.05) is 17.8 Å². The number of benzene rings is 1. The van der Waals surface area contributed by atoms with Crippen molar-refractivity contribution in [2.45, 2.75) is 32.6 Å². The highest BCUT2D eigenvalue weighted by molar-refractivity contribution is 9.10. The topological polar surface area (TPSA) is 61.4 Å². The Morgan fingerprint density at radius 2 is 1.80 bits per heavy atom. The number of alkyl halides is 3. The van der Waals surface area contributed by atoms with Gasteiger partial charge in [-0.15, -0.1) is 0 Å². The van der Waals surface area contributed by atoms with Crippen LogP contribution in [-0.4, -0.2) is 29.1 Å². The van der Waals surface area contributed by atoms with Crippen molar-refractivity contribution in [1.29, 1.82) is 0 Å². The smallest absolute Gasteiger partial charge is 0.328 e. The number of fused-ring (bicyclic) bond motifs is 1. The number of halogens is 5. The van der Waals surface area contributed by atoms with E-state index in [4.69, 9.17) is 11.6 Å². The van der Waals surface area contributed by atoms with E-state index in [-0.39, 0.29) is 17.1 Å². The van der Waals surface area contributed by atoms with Crippen molar-refractivity contribution in [3.05, 3.63) is 57.9 Å². The Hall–Kier alpha value is -2.46. The van der Waals surface area contributed by atoms with Crippen LogP contribution in [-0.2, 0) is 12.7 Å². The van der Waals surface area contributed by atoms with E-state index in [2.05, 4.69) is 35.9 Å². The van der Waals surface area contributed by atoms with E-state index in [1.807, 2.05) is 30.5 Å². The Balaban J connectivity index is 1.67. The predicted molar refractivity (Wildman–Crippen MR) is 110 cm³/mol. The van der Waals surface area contributed by atoms with Crippen LogP contribution in [0.15, 0.2) is 41.4 Å². The Bertz CT molecular complexity index is 1210. The lowest BCUT2D eigenvalue weighted by Crippen LogP contribution is -2.05. The maximum atomic E-state index is 13.1. The lowest BCUT2D eigenvalue weighted by molar-refractivity contribution is -0.140. The van der Waals surface area contributed by atoms with Gasteiger partial charge in [-0.3, -0.25) is 4.57 Å². The van der Waals surface area contributed by atoms with Gasteiger partial charge in [0.1, 0.15) is 11.3 Å². The molecular formula is C19H15BrClF3N6. The highest BCUT2D eigenvalue weighted by atomic mass is 79.9. The third-order valence-electron chi connectivity index (χ3n) is 4.54. The second-order valence-corrected chi connectivity index (χ2v) is 8.01. The van der Waals surface area contributed by atoms with Gasteiger partial charge >= 0.3 is 6.18 Å². The van der Waals surface area contributed by atoms with Crippen molar-refractivity contribution >= 4 is 38.7 Å². The molecule has 0 bridgehead atoms. The molecule has 30 heavy (non-hydrogen) atoms. The Labute approximate surface area is 182 Å². The van der Waals surface area contributed by atoms with E-state index in [1.54, 1.807) is 18.3 Å². The minimum Gasteiger partial charge on any atom is -0.328 e. The second-order valence-electron chi connectivity index (χ2n) is 6.96. The largest absolute Gasteiger partial charge is 0.434 e. The summed E-state index contributed by atoms with van der Waals surface area (Å²) in [6, 6.07) is 7.02. The molecule has 1 aromatic carbocycles. The fraction of sp³-hybridized carbons (Fsp3) is 0.263. The molecule has 156 valence electrons. The van der Waals surface area contributed by atoms with E-state index >= 15 is 0 Å². The number of nitrogens with zero attached hydrogens (tertiary/aromatic N) is 6. The number of aromatic nitrogens is 6. The number of imidazole rings is 2. The second kappa shape index (κ2) is 7.66. The van der Waals surface area contributed by atoms with Gasteiger partial charge in [0.15, 0.2) is 16.1 Å². The molecule has 0 spiro atoms. The van der Waals surface area contributed by atoms with Crippen molar-refractivity contribution in [1.82, 2.24) is 29.1 Å². The van der Waals surface area contributed by atoms with Crippen LogP contribution in [0, 0.1) is 0 Å². The maximum Gasteiger partial charge on any atom is 0.434 e. The molecule has 0 saturated carbocycles. The minimum atomic E-state index is -4.49. The van der Waals surface area contributed by atoms with Gasteiger partial charge in [0.2, 0.25) is 5.28 Å². The number of hydrogen-bond donors (Lipinski definition) is 0. The van der Waals surface area contributed by atoms with Crippen molar-refractivity contribution in [3.63, 3.8) is 0 Å². The standard InChI is InChI=1S/C19H15BrClF3N6/c1-10(2)29-9-14(19(22,23)24)27-15(29)12-5-3-11(4-6-12)8-30-16-13(26-17(30)20)7-25-18(21)28-16/h3-7,9-10H,8H2,1-2H3. The first kappa shape index (κ1) is 20.8. The summed E-state index contributed by atoms with van der Waals surface area (Å²) in [6.07, 6.45) is -1.90. The summed E-state index contributed by atoms with van der Waals surface area (Å²) < 4.78 is 43.3. The van der Waals surface area contributed by atoms with Crippen molar-refractivity contribution in [2.75, 3.05) is 0 Å². The van der Waals surface area contributed by atoms with Crippen molar-refractivity contribution < 1.29 is 13.2 Å². The Morgan fingerprint density at radius 3 is 2.43 bits per heavy atom. The third kappa shape index (κ3) is 3.93. The van der Waals surface area contributed by atoms with Crippen LogP contribution in [0.3, 0.4) is 0 Å². The van der Waals surface area contributed by atoms with E-state index in [0.717, 1.165) is 11.8 Å². The van der Waals surface area contributed by atoms with E-state index in [1.165, 1.54) is 4.57 Å². The van der Waals surface area contributed by atoms with Crippen LogP contribution in [0.2, 0.25) is 5.28 Å². The van der Waals surface area contributed by atoms with Gasteiger partial charge in [-0.05, 0) is 46.9 Å². The summed E-state index contributed by atoms with van der Waals surface area (Å²) in [7, 11) is 0. The summed E-state index contributed by atoms with van der Waals surface area (Å²) in [5, 5.41) is 0.118. The molecule has 0 fully saturated rings. The molecule has 0 amide bonds. The zero-order valence-corrected chi connectivity index (χ0v) is 18.2. The SMILES string of the molecule is CC(C)n1cc(C(F)(F)F)nc1-c1ccc(Cn2c(Br)nc3cnc(Cl)nc32)cc1. The monoisotopic (exact) mass is 498 g/mol. The molecule has 0 saturated heterocycles. The molecule has 0 aliphatic carbocycles. The van der Waals surface area contributed by atoms with Gasteiger partial charge in [0.05, 0.1) is 12.7 Å². The highest BCUT2D eigenvalue weighted by Crippen LogP contribution is 2.32. The molecule has 6 nitrogen and oxygen atoms in total. The molecule has 0 aliphatic heterocycles. The fourth-order valence-corrected chi connectivity index (χ4v) is 3.70. The molecule has 4 rings (SSSR count). The summed E-state index contributed by atoms with van der Waals surface area (Å²) >= 11 is 9.31. The van der Waals surface area contributed by atoms with E-state index in [0.29, 0.717) is 28.0 Å². The van der Waals surface area contributed by atoms with Crippen LogP contribution >= 0.6 is 27.5 Å². The van der Waals surface area contributed by atoms with Crippen LogP contribution < -0.4 is 0 Å². The van der Waals surface area contributed by atoms with E-state index < -0.39 is 11.9 Å². The van der Waals surface area contributed by atoms with Crippen molar-refractivity contribution in [2.24, 2.45) is 0 Å². The Morgan fingerprint density at radius 1 is 1.10 bits per heavy atom. The summed E-state index contributed by atoms with van der Waals surface area (Å²) in [4.78, 5) is 16.3. The molecule has 0 aliphatic rings. The molecule has 11 heteroatoms. The fourth-order valence-electron chi connectivity index (χ4n) is 3.09. The highest BCUT2D eigenvalue weighted by Gasteiger charge is 2.35.